The van der Waals surface area contributed by atoms with Crippen molar-refractivity contribution in [3.63, 3.8) is 0 Å². The summed E-state index contributed by atoms with van der Waals surface area (Å²) < 4.78 is 10.7. The van der Waals surface area contributed by atoms with Crippen LogP contribution in [0.3, 0.4) is 0 Å². The molecule has 5 aromatic heterocycles. The van der Waals surface area contributed by atoms with Gasteiger partial charge in [0.2, 0.25) is 0 Å². The van der Waals surface area contributed by atoms with Gasteiger partial charge in [-0.2, -0.15) is 0 Å². The van der Waals surface area contributed by atoms with Crippen LogP contribution < -0.4 is 0 Å². The van der Waals surface area contributed by atoms with Crippen LogP contribution in [0, 0.1) is 27.7 Å². The Morgan fingerprint density at radius 2 is 0.775 bits per heavy atom. The molecule has 0 spiro atoms. The van der Waals surface area contributed by atoms with Crippen molar-refractivity contribution in [2.24, 2.45) is 7.05 Å². The van der Waals surface area contributed by atoms with E-state index in [1.165, 1.54) is 27.7 Å². The van der Waals surface area contributed by atoms with E-state index in [1.54, 1.807) is 0 Å². The van der Waals surface area contributed by atoms with Crippen molar-refractivity contribution in [1.29, 1.82) is 0 Å². The first kappa shape index (κ1) is 51.6. The highest BCUT2D eigenvalue weighted by molar-refractivity contribution is 5.83. The smallest absolute Gasteiger partial charge is 0.140 e. The largest absolute Gasteiger partial charge is 0.327 e. The second kappa shape index (κ2) is 23.8. The van der Waals surface area contributed by atoms with Crippen LogP contribution in [0.5, 0.6) is 0 Å². The molecule has 15 rings (SSSR count). The fraction of sp³-hybridized carbons (Fsp3) is 0.0714. The molecular formula is C70H60N10. The number of nitrogens with zero attached hydrogens (tertiary/aromatic N) is 10. The van der Waals surface area contributed by atoms with Crippen molar-refractivity contribution >= 4 is 55.2 Å². The van der Waals surface area contributed by atoms with Crippen LogP contribution >= 0.6 is 0 Å². The van der Waals surface area contributed by atoms with Crippen molar-refractivity contribution in [2.75, 3.05) is 0 Å². The van der Waals surface area contributed by atoms with Gasteiger partial charge in [0, 0.05) is 35.4 Å². The van der Waals surface area contributed by atoms with Gasteiger partial charge in [-0.1, -0.05) is 152 Å². The number of rotatable bonds is 5. The molecule has 10 aromatic carbocycles. The molecule has 0 saturated carbocycles. The van der Waals surface area contributed by atoms with Crippen LogP contribution in [0.15, 0.2) is 274 Å². The summed E-state index contributed by atoms with van der Waals surface area (Å²) in [5.74, 6) is 2.04. The third-order valence-corrected chi connectivity index (χ3v) is 13.8. The number of benzene rings is 10. The first-order valence-electron chi connectivity index (χ1n) is 26.7. The molecule has 0 saturated heterocycles. The Bertz CT molecular complexity index is 4450. The molecule has 5 heterocycles. The maximum atomic E-state index is 4.65. The van der Waals surface area contributed by atoms with E-state index in [1.807, 2.05) is 165 Å². The Kier molecular flexibility index (Phi) is 15.4. The molecule has 0 aliphatic carbocycles. The zero-order chi connectivity index (χ0) is 54.8. The van der Waals surface area contributed by atoms with Crippen LogP contribution in [-0.4, -0.2) is 47.8 Å². The summed E-state index contributed by atoms with van der Waals surface area (Å²) in [4.78, 5) is 22.4. The molecule has 0 atom stereocenters. The van der Waals surface area contributed by atoms with Crippen molar-refractivity contribution in [3.05, 3.63) is 296 Å². The minimum Gasteiger partial charge on any atom is -0.327 e. The third kappa shape index (κ3) is 11.3. The van der Waals surface area contributed by atoms with Gasteiger partial charge in [0.05, 0.1) is 55.2 Å². The number of fused-ring (bicyclic) bond motifs is 5. The highest BCUT2D eigenvalue weighted by Crippen LogP contribution is 2.26. The fourth-order valence-electron chi connectivity index (χ4n) is 9.89. The van der Waals surface area contributed by atoms with E-state index in [-0.39, 0.29) is 0 Å². The van der Waals surface area contributed by atoms with Crippen molar-refractivity contribution in [2.45, 2.75) is 27.7 Å². The number of para-hydroxylation sites is 9. The highest BCUT2D eigenvalue weighted by atomic mass is 15.1. The summed E-state index contributed by atoms with van der Waals surface area (Å²) in [6, 6.07) is 86.6. The van der Waals surface area contributed by atoms with E-state index in [0.29, 0.717) is 0 Å². The lowest BCUT2D eigenvalue weighted by Crippen LogP contribution is -1.95. The lowest BCUT2D eigenvalue weighted by Gasteiger charge is -2.05. The fourth-order valence-corrected chi connectivity index (χ4v) is 9.89. The molecule has 0 N–H and O–H groups in total. The SMILES string of the molecule is Cc1ccc2c(c1)ncn2-c1ccccc1.Cc1ccc2ncn(-c3ccccc3)c2c1.Cc1cccc2ncn(-c3ccccc3)c12.Cc1nc2ccccc2n1-c1ccccc1.Cn1c(-c2ccccc2)nc2ccccc21. The number of imidazole rings is 5. The minimum absolute atomic E-state index is 1.02. The summed E-state index contributed by atoms with van der Waals surface area (Å²) in [6.45, 7) is 8.33. The van der Waals surface area contributed by atoms with Crippen molar-refractivity contribution in [1.82, 2.24) is 47.8 Å². The van der Waals surface area contributed by atoms with Gasteiger partial charge in [0.25, 0.3) is 0 Å². The normalized spacial score (nSPS) is 10.8. The molecule has 0 unspecified atom stereocenters. The number of aryl methyl sites for hydroxylation is 5. The summed E-state index contributed by atoms with van der Waals surface area (Å²) >= 11 is 0. The second-order valence-electron chi connectivity index (χ2n) is 19.4. The molecule has 0 amide bonds. The van der Waals surface area contributed by atoms with Gasteiger partial charge in [-0.25, -0.2) is 24.9 Å². The van der Waals surface area contributed by atoms with Gasteiger partial charge in [-0.15, -0.1) is 0 Å². The van der Waals surface area contributed by atoms with E-state index < -0.39 is 0 Å². The maximum absolute atomic E-state index is 4.65. The summed E-state index contributed by atoms with van der Waals surface area (Å²) in [7, 11) is 2.05. The molecule has 0 aliphatic heterocycles. The number of aromatic nitrogens is 10. The quantitative estimate of drug-likeness (QED) is 0.171. The monoisotopic (exact) mass is 1040 g/mol. The van der Waals surface area contributed by atoms with Gasteiger partial charge in [0.1, 0.15) is 30.6 Å². The topological polar surface area (TPSA) is 89.1 Å². The molecular weight excluding hydrogens is 981 g/mol. The highest BCUT2D eigenvalue weighted by Gasteiger charge is 2.11. The van der Waals surface area contributed by atoms with Gasteiger partial charge in [0.15, 0.2) is 0 Å². The van der Waals surface area contributed by atoms with Crippen LogP contribution in [0.25, 0.3) is 89.3 Å². The lowest BCUT2D eigenvalue weighted by molar-refractivity contribution is 0.959. The second-order valence-corrected chi connectivity index (χ2v) is 19.4. The first-order chi connectivity index (χ1) is 39.3. The predicted octanol–water partition coefficient (Wildman–Crippen LogP) is 16.6. The molecule has 0 radical (unpaired) electrons. The van der Waals surface area contributed by atoms with Crippen LogP contribution in [0.4, 0.5) is 0 Å². The zero-order valence-electron chi connectivity index (χ0n) is 45.5. The van der Waals surface area contributed by atoms with E-state index in [9.17, 15) is 0 Å². The Morgan fingerprint density at radius 1 is 0.312 bits per heavy atom. The van der Waals surface area contributed by atoms with Crippen LogP contribution in [-0.2, 0) is 7.05 Å². The minimum atomic E-state index is 1.02. The average Bonchev–Trinajstić information content (AvgIpc) is 4.37. The van der Waals surface area contributed by atoms with Crippen molar-refractivity contribution in [3.8, 4) is 34.1 Å². The van der Waals surface area contributed by atoms with E-state index in [2.05, 4.69) is 191 Å². The summed E-state index contributed by atoms with van der Waals surface area (Å²) in [5.41, 5.74) is 20.5. The molecule has 0 fully saturated rings. The lowest BCUT2D eigenvalue weighted by atomic mass is 10.2. The van der Waals surface area contributed by atoms with Crippen LogP contribution in [0.1, 0.15) is 22.5 Å². The van der Waals surface area contributed by atoms with E-state index in [4.69, 9.17) is 0 Å². The van der Waals surface area contributed by atoms with Gasteiger partial charge in [-0.05, 0) is 148 Å². The molecule has 0 bridgehead atoms. The third-order valence-electron chi connectivity index (χ3n) is 13.8. The Hall–Kier alpha value is -10.5. The van der Waals surface area contributed by atoms with Crippen LogP contribution in [0.2, 0.25) is 0 Å². The molecule has 80 heavy (non-hydrogen) atoms. The predicted molar refractivity (Wildman–Crippen MR) is 329 cm³/mol. The number of hydrogen-bond donors (Lipinski definition) is 0. The Balaban J connectivity index is 0.000000105. The van der Waals surface area contributed by atoms with Gasteiger partial charge in [-0.3, -0.25) is 18.3 Å². The molecule has 390 valence electrons. The Labute approximate surface area is 465 Å². The zero-order valence-corrected chi connectivity index (χ0v) is 45.5. The molecule has 10 heteroatoms. The summed E-state index contributed by atoms with van der Waals surface area (Å²) in [6.07, 6.45) is 5.63. The van der Waals surface area contributed by atoms with Crippen molar-refractivity contribution < 1.29 is 0 Å². The molecule has 15 aromatic rings. The number of hydrogen-bond acceptors (Lipinski definition) is 5. The average molecular weight is 1040 g/mol. The Morgan fingerprint density at radius 3 is 1.40 bits per heavy atom. The van der Waals surface area contributed by atoms with Gasteiger partial charge < -0.3 is 4.57 Å². The van der Waals surface area contributed by atoms with Gasteiger partial charge >= 0.3 is 0 Å². The standard InChI is InChI=1S/5C14H12N2/c1-11-6-5-9-13-14(11)16(10-15-13)12-7-3-2-4-8-12;1-16-13-10-6-5-9-12(13)15-14(16)11-7-3-2-4-8-11;1-11-15-13-9-5-6-10-14(13)16(11)12-7-3-2-4-8-12;1-11-7-8-14-13(9-11)15-10-16(14)12-5-3-2-4-6-12;1-11-7-8-13-14(9-11)16(10-15-13)12-5-3-2-4-6-12/h5*2-10H,1H3. The first-order valence-corrected chi connectivity index (χ1v) is 26.7. The maximum Gasteiger partial charge on any atom is 0.140 e. The molecule has 10 nitrogen and oxygen atoms in total. The molecule has 0 aliphatic rings. The van der Waals surface area contributed by atoms with E-state index >= 15 is 0 Å². The summed E-state index contributed by atoms with van der Waals surface area (Å²) in [5, 5.41) is 0. The van der Waals surface area contributed by atoms with E-state index in [0.717, 1.165) is 84.1 Å².